The van der Waals surface area contributed by atoms with Crippen molar-refractivity contribution in [2.24, 2.45) is 22.9 Å². The average Bonchev–Trinajstić information content (AvgIpc) is 3.07. The van der Waals surface area contributed by atoms with E-state index in [0.29, 0.717) is 0 Å². The van der Waals surface area contributed by atoms with Gasteiger partial charge < -0.3 is 72.5 Å². The highest BCUT2D eigenvalue weighted by Crippen LogP contribution is 2.32. The molecule has 19 heteroatoms. The minimum atomic E-state index is -4.67. The first-order valence-electron chi connectivity index (χ1n) is 11.3. The topological polar surface area (TPSA) is 337 Å². The van der Waals surface area contributed by atoms with E-state index < -0.39 is 109 Å². The molecule has 16 N–H and O–H groups in total. The van der Waals surface area contributed by atoms with Crippen molar-refractivity contribution in [2.75, 3.05) is 6.61 Å². The molecule has 2 heterocycles. The fourth-order valence-corrected chi connectivity index (χ4v) is 4.36. The number of nitrogens with two attached hydrogens (primary N) is 4. The van der Waals surface area contributed by atoms with E-state index in [2.05, 4.69) is 0 Å². The Morgan fingerprint density at radius 3 is 1.86 bits per heavy atom. The van der Waals surface area contributed by atoms with E-state index in [1.807, 2.05) is 0 Å². The van der Waals surface area contributed by atoms with Crippen LogP contribution in [-0.4, -0.2) is 146 Å². The van der Waals surface area contributed by atoms with Gasteiger partial charge in [0.1, 0.15) is 48.8 Å². The summed E-state index contributed by atoms with van der Waals surface area (Å²) >= 11 is 0. The summed E-state index contributed by atoms with van der Waals surface area (Å²) < 4.78 is 54.2. The highest BCUT2D eigenvalue weighted by atomic mass is 32.3. The van der Waals surface area contributed by atoms with Crippen molar-refractivity contribution >= 4 is 10.4 Å². The minimum absolute atomic E-state index is 0.140. The first-order chi connectivity index (χ1) is 17.0. The number of hydrogen-bond donors (Lipinski definition) is 12. The van der Waals surface area contributed by atoms with Gasteiger partial charge in [0.05, 0.1) is 18.8 Å². The zero-order chi connectivity index (χ0) is 28.4. The Bertz CT molecular complexity index is 816. The Labute approximate surface area is 212 Å². The van der Waals surface area contributed by atoms with Gasteiger partial charge in [0.25, 0.3) is 0 Å². The molecule has 1 saturated carbocycles. The molecule has 220 valence electrons. The van der Waals surface area contributed by atoms with Gasteiger partial charge in [-0.2, -0.15) is 8.42 Å². The van der Waals surface area contributed by atoms with E-state index in [9.17, 15) is 30.6 Å². The summed E-state index contributed by atoms with van der Waals surface area (Å²) in [6.45, 7) is 0.989. The van der Waals surface area contributed by atoms with Gasteiger partial charge in [-0.25, -0.2) is 0 Å². The van der Waals surface area contributed by atoms with E-state index in [4.69, 9.17) is 59.4 Å². The van der Waals surface area contributed by atoms with E-state index in [0.717, 1.165) is 0 Å². The fourth-order valence-electron chi connectivity index (χ4n) is 4.36. The molecular formula is C18H38N4O14S. The maximum atomic E-state index is 10.7. The summed E-state index contributed by atoms with van der Waals surface area (Å²) in [6, 6.07) is -3.39. The van der Waals surface area contributed by atoms with Crippen LogP contribution >= 0.6 is 0 Å². The predicted molar refractivity (Wildman–Crippen MR) is 121 cm³/mol. The lowest BCUT2D eigenvalue weighted by molar-refractivity contribution is -0.310. The summed E-state index contributed by atoms with van der Waals surface area (Å²) in [5, 5.41) is 60.8. The van der Waals surface area contributed by atoms with Crippen molar-refractivity contribution in [1.82, 2.24) is 0 Å². The molecule has 2 aliphatic heterocycles. The Morgan fingerprint density at radius 2 is 1.38 bits per heavy atom. The molecule has 0 aromatic rings. The summed E-state index contributed by atoms with van der Waals surface area (Å²) in [5.74, 6) is 0. The zero-order valence-electron chi connectivity index (χ0n) is 19.8. The van der Waals surface area contributed by atoms with Crippen LogP contribution in [-0.2, 0) is 29.3 Å². The van der Waals surface area contributed by atoms with E-state index in [1.165, 1.54) is 0 Å². The first kappa shape index (κ1) is 32.5. The number of rotatable bonds is 6. The molecule has 3 aliphatic rings. The molecule has 0 radical (unpaired) electrons. The highest BCUT2D eigenvalue weighted by molar-refractivity contribution is 7.79. The lowest BCUT2D eigenvalue weighted by Crippen LogP contribution is -2.68. The van der Waals surface area contributed by atoms with Crippen molar-refractivity contribution in [3.05, 3.63) is 0 Å². The molecule has 3 fully saturated rings. The largest absolute Gasteiger partial charge is 0.394 e. The Kier molecular flexibility index (Phi) is 11.5. The second-order valence-electron chi connectivity index (χ2n) is 9.30. The summed E-state index contributed by atoms with van der Waals surface area (Å²) in [6.07, 6.45) is -13.9. The molecule has 0 amide bonds. The molecule has 0 aromatic heterocycles. The average molecular weight is 567 g/mol. The third-order valence-electron chi connectivity index (χ3n) is 6.35. The van der Waals surface area contributed by atoms with Gasteiger partial charge in [-0.15, -0.1) is 0 Å². The third kappa shape index (κ3) is 8.16. The van der Waals surface area contributed by atoms with Crippen LogP contribution in [0.2, 0.25) is 0 Å². The lowest BCUT2D eigenvalue weighted by Gasteiger charge is -2.47. The van der Waals surface area contributed by atoms with Crippen LogP contribution in [0.25, 0.3) is 0 Å². The lowest BCUT2D eigenvalue weighted by atomic mass is 9.84. The number of ether oxygens (including phenoxy) is 4. The van der Waals surface area contributed by atoms with Crippen molar-refractivity contribution in [1.29, 1.82) is 0 Å². The van der Waals surface area contributed by atoms with Gasteiger partial charge in [-0.1, -0.05) is 0 Å². The molecule has 0 aromatic carbocycles. The van der Waals surface area contributed by atoms with Crippen LogP contribution in [0.15, 0.2) is 0 Å². The second-order valence-corrected chi connectivity index (χ2v) is 10.2. The van der Waals surface area contributed by atoms with Crippen LogP contribution in [0, 0.1) is 0 Å². The standard InChI is InChI=1S/C18H36N4O10.H2O4S/c1-4(19)14-12(27)13(28)18(30-14)32-16-9(24)5(20)2-6(21)15(16)31-17-8(22)11(26)10(25)7(3-23)29-17;1-5(2,3)4/h4-18,23-28H,2-3,19-22H2,1H3;(H2,1,2,3,4)/t4-,5+,6-,7+,8+,9-,10+,11+,12-,13+,14+,15+,16+,17+,18-;/m0./s1. The molecule has 2 saturated heterocycles. The summed E-state index contributed by atoms with van der Waals surface area (Å²) in [5.41, 5.74) is 23.9. The van der Waals surface area contributed by atoms with Gasteiger partial charge in [0, 0.05) is 18.1 Å². The number of hydrogen-bond acceptors (Lipinski definition) is 16. The molecule has 1 aliphatic carbocycles. The highest BCUT2D eigenvalue weighted by Gasteiger charge is 2.52. The second kappa shape index (κ2) is 13.1. The van der Waals surface area contributed by atoms with Crippen molar-refractivity contribution in [3.63, 3.8) is 0 Å². The van der Waals surface area contributed by atoms with Crippen LogP contribution < -0.4 is 22.9 Å². The van der Waals surface area contributed by atoms with Crippen molar-refractivity contribution in [3.8, 4) is 0 Å². The molecule has 15 atom stereocenters. The molecule has 18 nitrogen and oxygen atoms in total. The molecule has 3 rings (SSSR count). The summed E-state index contributed by atoms with van der Waals surface area (Å²) in [7, 11) is -4.67. The van der Waals surface area contributed by atoms with Gasteiger partial charge in [-0.3, -0.25) is 9.11 Å². The maximum absolute atomic E-state index is 10.7. The monoisotopic (exact) mass is 566 g/mol. The maximum Gasteiger partial charge on any atom is 0.394 e. The van der Waals surface area contributed by atoms with Crippen molar-refractivity contribution < 1.29 is 67.1 Å². The Balaban J connectivity index is 0.000000877. The third-order valence-corrected chi connectivity index (χ3v) is 6.35. The first-order valence-corrected chi connectivity index (χ1v) is 12.7. The predicted octanol–water partition coefficient (Wildman–Crippen LogP) is -6.92. The van der Waals surface area contributed by atoms with E-state index in [-0.39, 0.29) is 6.42 Å². The van der Waals surface area contributed by atoms with Crippen LogP contribution in [0.4, 0.5) is 0 Å². The molecule has 37 heavy (non-hydrogen) atoms. The van der Waals surface area contributed by atoms with Gasteiger partial charge in [-0.05, 0) is 13.3 Å². The molecule has 0 spiro atoms. The Morgan fingerprint density at radius 1 is 0.838 bits per heavy atom. The fraction of sp³-hybridized carbons (Fsp3) is 1.00. The minimum Gasteiger partial charge on any atom is -0.394 e. The van der Waals surface area contributed by atoms with E-state index >= 15 is 0 Å². The Hall–Kier alpha value is -0.690. The zero-order valence-corrected chi connectivity index (χ0v) is 20.6. The number of aliphatic hydroxyl groups is 6. The van der Waals surface area contributed by atoms with Crippen LogP contribution in [0.5, 0.6) is 0 Å². The van der Waals surface area contributed by atoms with Crippen LogP contribution in [0.1, 0.15) is 13.3 Å². The normalized spacial score (nSPS) is 47.7. The van der Waals surface area contributed by atoms with Crippen LogP contribution in [0.3, 0.4) is 0 Å². The van der Waals surface area contributed by atoms with E-state index in [1.54, 1.807) is 6.92 Å². The molecule has 0 unspecified atom stereocenters. The summed E-state index contributed by atoms with van der Waals surface area (Å²) in [4.78, 5) is 0. The van der Waals surface area contributed by atoms with Gasteiger partial charge in [0.2, 0.25) is 0 Å². The van der Waals surface area contributed by atoms with Crippen molar-refractivity contribution in [2.45, 2.75) is 105 Å². The molecular weight excluding hydrogens is 528 g/mol. The SMILES string of the molecule is C[C@H](N)[C@H]1O[C@@H](O[C@@H]2[C@@H](O)[C@H](N)C[C@H](N)[C@H]2O[C@H]2O[C@H](CO)[C@@H](O)[C@H](O)[C@H]2N)[C@H](O)[C@@H]1O.O=S(=O)(O)O. The van der Waals surface area contributed by atoms with Gasteiger partial charge >= 0.3 is 10.4 Å². The molecule has 0 bridgehead atoms. The smallest absolute Gasteiger partial charge is 0.394 e. The number of aliphatic hydroxyl groups excluding tert-OH is 6. The van der Waals surface area contributed by atoms with Gasteiger partial charge in [0.15, 0.2) is 12.6 Å². The quantitative estimate of drug-likeness (QED) is 0.133.